The molecule has 0 atom stereocenters. The van der Waals surface area contributed by atoms with E-state index < -0.39 is 21.7 Å². The highest BCUT2D eigenvalue weighted by molar-refractivity contribution is 7.93. The normalized spacial score (nSPS) is 16.1. The molecule has 148 valence electrons. The number of methoxy groups -OCH3 is 1. The Kier molecular flexibility index (Phi) is 5.69. The lowest BCUT2D eigenvalue weighted by Gasteiger charge is -2.18. The van der Waals surface area contributed by atoms with E-state index in [0.717, 1.165) is 15.9 Å². The lowest BCUT2D eigenvalue weighted by Crippen LogP contribution is -2.26. The van der Waals surface area contributed by atoms with Crippen LogP contribution in [-0.4, -0.2) is 33.7 Å². The number of carbonyl (C=O) groups excluding carboxylic acids is 1. The van der Waals surface area contributed by atoms with Crippen LogP contribution in [0, 0.1) is 5.82 Å². The van der Waals surface area contributed by atoms with Gasteiger partial charge in [0.1, 0.15) is 11.6 Å². The number of hydrogen-bond donors (Lipinski definition) is 1. The predicted molar refractivity (Wildman–Crippen MR) is 107 cm³/mol. The number of para-hydroxylation sites is 1. The van der Waals surface area contributed by atoms with Crippen molar-refractivity contribution in [1.82, 2.24) is 0 Å². The number of halogens is 1. The summed E-state index contributed by atoms with van der Waals surface area (Å²) in [4.78, 5) is 12.4. The van der Waals surface area contributed by atoms with Gasteiger partial charge in [-0.3, -0.25) is 9.10 Å². The minimum Gasteiger partial charge on any atom is -0.496 e. The molecule has 1 aliphatic heterocycles. The lowest BCUT2D eigenvalue weighted by molar-refractivity contribution is -0.111. The lowest BCUT2D eigenvalue weighted by atomic mass is 10.1. The molecule has 0 radical (unpaired) electrons. The first-order chi connectivity index (χ1) is 13.3. The van der Waals surface area contributed by atoms with E-state index in [4.69, 9.17) is 4.74 Å². The largest absolute Gasteiger partial charge is 0.496 e. The SMILES string of the molecule is COc1ccccc1/C(C)=C/C(=O)Nc1ccc(F)c(N2CCCS2(=O)=O)c1. The highest BCUT2D eigenvalue weighted by Gasteiger charge is 2.30. The molecule has 28 heavy (non-hydrogen) atoms. The molecule has 0 unspecified atom stereocenters. The van der Waals surface area contributed by atoms with Crippen LogP contribution in [0.25, 0.3) is 5.57 Å². The summed E-state index contributed by atoms with van der Waals surface area (Å²) < 4.78 is 44.6. The second-order valence-electron chi connectivity index (χ2n) is 6.42. The average molecular weight is 404 g/mol. The van der Waals surface area contributed by atoms with Gasteiger partial charge in [0, 0.05) is 23.9 Å². The molecule has 2 aromatic rings. The van der Waals surface area contributed by atoms with Gasteiger partial charge >= 0.3 is 0 Å². The standard InChI is InChI=1S/C20H21FN2O4S/c1-14(16-6-3-4-7-19(16)27-2)12-20(24)22-15-8-9-17(21)18(13-15)23-10-5-11-28(23,25)26/h3-4,6-9,12-13H,5,10-11H2,1-2H3,(H,22,24)/b14-12+. The number of amides is 1. The van der Waals surface area contributed by atoms with E-state index in [2.05, 4.69) is 5.32 Å². The molecule has 1 aliphatic rings. The van der Waals surface area contributed by atoms with Crippen LogP contribution in [0.5, 0.6) is 5.75 Å². The second kappa shape index (κ2) is 8.02. The van der Waals surface area contributed by atoms with Gasteiger partial charge in [0.2, 0.25) is 15.9 Å². The quantitative estimate of drug-likeness (QED) is 0.775. The van der Waals surface area contributed by atoms with Gasteiger partial charge in [-0.05, 0) is 43.2 Å². The molecule has 0 bridgehead atoms. The topological polar surface area (TPSA) is 75.7 Å². The Bertz CT molecular complexity index is 1030. The van der Waals surface area contributed by atoms with E-state index in [1.165, 1.54) is 18.2 Å². The zero-order valence-electron chi connectivity index (χ0n) is 15.6. The summed E-state index contributed by atoms with van der Waals surface area (Å²) in [6.45, 7) is 2.01. The fraction of sp³-hybridized carbons (Fsp3) is 0.250. The molecule has 3 rings (SSSR count). The summed E-state index contributed by atoms with van der Waals surface area (Å²) in [6, 6.07) is 11.2. The van der Waals surface area contributed by atoms with Gasteiger partial charge in [0.05, 0.1) is 18.6 Å². The Labute approximate surface area is 163 Å². The zero-order valence-corrected chi connectivity index (χ0v) is 16.4. The van der Waals surface area contributed by atoms with Crippen LogP contribution in [-0.2, 0) is 14.8 Å². The van der Waals surface area contributed by atoms with Gasteiger partial charge in [-0.2, -0.15) is 0 Å². The third-order valence-corrected chi connectivity index (χ3v) is 6.32. The zero-order chi connectivity index (χ0) is 20.3. The van der Waals surface area contributed by atoms with Crippen LogP contribution in [0.1, 0.15) is 18.9 Å². The van der Waals surface area contributed by atoms with E-state index in [1.54, 1.807) is 20.1 Å². The number of carbonyl (C=O) groups is 1. The van der Waals surface area contributed by atoms with Gasteiger partial charge in [-0.15, -0.1) is 0 Å². The number of rotatable bonds is 5. The molecule has 2 aromatic carbocycles. The molecule has 0 aliphatic carbocycles. The van der Waals surface area contributed by atoms with Crippen molar-refractivity contribution in [2.24, 2.45) is 0 Å². The molecule has 0 aromatic heterocycles. The van der Waals surface area contributed by atoms with Crippen LogP contribution in [0.2, 0.25) is 0 Å². The van der Waals surface area contributed by atoms with Crippen molar-refractivity contribution in [3.05, 3.63) is 59.9 Å². The number of benzene rings is 2. The van der Waals surface area contributed by atoms with Crippen molar-refractivity contribution < 1.29 is 22.3 Å². The van der Waals surface area contributed by atoms with Crippen molar-refractivity contribution in [3.63, 3.8) is 0 Å². The number of ether oxygens (including phenoxy) is 1. The first kappa shape index (κ1) is 19.9. The Morgan fingerprint density at radius 1 is 1.25 bits per heavy atom. The van der Waals surface area contributed by atoms with Crippen molar-refractivity contribution in [2.45, 2.75) is 13.3 Å². The van der Waals surface area contributed by atoms with Crippen molar-refractivity contribution >= 4 is 32.9 Å². The summed E-state index contributed by atoms with van der Waals surface area (Å²) in [5.74, 6) is -0.425. The fourth-order valence-corrected chi connectivity index (χ4v) is 4.68. The summed E-state index contributed by atoms with van der Waals surface area (Å²) in [7, 11) is -1.96. The Morgan fingerprint density at radius 3 is 2.68 bits per heavy atom. The molecule has 0 saturated carbocycles. The molecule has 1 amide bonds. The third-order valence-electron chi connectivity index (χ3n) is 4.46. The van der Waals surface area contributed by atoms with E-state index >= 15 is 0 Å². The van der Waals surface area contributed by atoms with Gasteiger partial charge in [-0.25, -0.2) is 12.8 Å². The predicted octanol–water partition coefficient (Wildman–Crippen LogP) is 3.42. The minimum absolute atomic E-state index is 0.0101. The maximum absolute atomic E-state index is 14.2. The van der Waals surface area contributed by atoms with Crippen molar-refractivity contribution in [3.8, 4) is 5.75 Å². The number of anilines is 2. The summed E-state index contributed by atoms with van der Waals surface area (Å²) in [5.41, 5.74) is 1.73. The molecule has 1 fully saturated rings. The van der Waals surface area contributed by atoms with Crippen molar-refractivity contribution in [2.75, 3.05) is 29.0 Å². The van der Waals surface area contributed by atoms with Gasteiger partial charge in [0.25, 0.3) is 0 Å². The molecule has 0 spiro atoms. The molecule has 6 nitrogen and oxygen atoms in total. The smallest absolute Gasteiger partial charge is 0.248 e. The summed E-state index contributed by atoms with van der Waals surface area (Å²) in [6.07, 6.45) is 1.85. The first-order valence-corrected chi connectivity index (χ1v) is 10.4. The van der Waals surface area contributed by atoms with E-state index in [-0.39, 0.29) is 18.0 Å². The highest BCUT2D eigenvalue weighted by Crippen LogP contribution is 2.30. The average Bonchev–Trinajstić information content (AvgIpc) is 3.02. The summed E-state index contributed by atoms with van der Waals surface area (Å²) in [5, 5.41) is 2.65. The van der Waals surface area contributed by atoms with E-state index in [0.29, 0.717) is 23.4 Å². The highest BCUT2D eigenvalue weighted by atomic mass is 32.2. The van der Waals surface area contributed by atoms with Crippen LogP contribution in [0.3, 0.4) is 0 Å². The Morgan fingerprint density at radius 2 is 2.00 bits per heavy atom. The van der Waals surface area contributed by atoms with Crippen LogP contribution >= 0.6 is 0 Å². The number of nitrogens with zero attached hydrogens (tertiary/aromatic N) is 1. The Hall–Kier alpha value is -2.87. The number of allylic oxidation sites excluding steroid dienone is 1. The monoisotopic (exact) mass is 404 g/mol. The van der Waals surface area contributed by atoms with Crippen LogP contribution < -0.4 is 14.4 Å². The first-order valence-electron chi connectivity index (χ1n) is 8.74. The molecule has 8 heteroatoms. The Balaban J connectivity index is 1.82. The van der Waals surface area contributed by atoms with Gasteiger partial charge in [0.15, 0.2) is 0 Å². The molecular weight excluding hydrogens is 383 g/mol. The third kappa shape index (κ3) is 4.17. The van der Waals surface area contributed by atoms with Crippen LogP contribution in [0.4, 0.5) is 15.8 Å². The maximum Gasteiger partial charge on any atom is 0.248 e. The summed E-state index contributed by atoms with van der Waals surface area (Å²) >= 11 is 0. The molecule has 1 N–H and O–H groups in total. The minimum atomic E-state index is -3.52. The van der Waals surface area contributed by atoms with E-state index in [1.807, 2.05) is 18.2 Å². The molecular formula is C20H21FN2O4S. The van der Waals surface area contributed by atoms with E-state index in [9.17, 15) is 17.6 Å². The second-order valence-corrected chi connectivity index (χ2v) is 8.44. The maximum atomic E-state index is 14.2. The molecule has 1 heterocycles. The van der Waals surface area contributed by atoms with Crippen molar-refractivity contribution in [1.29, 1.82) is 0 Å². The van der Waals surface area contributed by atoms with Gasteiger partial charge < -0.3 is 10.1 Å². The fourth-order valence-electron chi connectivity index (χ4n) is 3.11. The number of hydrogen-bond acceptors (Lipinski definition) is 4. The number of nitrogens with one attached hydrogen (secondary N) is 1. The number of sulfonamides is 1. The van der Waals surface area contributed by atoms with Gasteiger partial charge in [-0.1, -0.05) is 18.2 Å². The van der Waals surface area contributed by atoms with Crippen LogP contribution in [0.15, 0.2) is 48.5 Å². The molecule has 1 saturated heterocycles.